The van der Waals surface area contributed by atoms with E-state index in [9.17, 15) is 4.79 Å². The maximum atomic E-state index is 13.0. The van der Waals surface area contributed by atoms with Gasteiger partial charge in [0.2, 0.25) is 0 Å². The summed E-state index contributed by atoms with van der Waals surface area (Å²) in [6.07, 6.45) is 18.4. The third-order valence-corrected chi connectivity index (χ3v) is 12.0. The van der Waals surface area contributed by atoms with Crippen molar-refractivity contribution in [2.75, 3.05) is 6.61 Å². The highest BCUT2D eigenvalue weighted by Crippen LogP contribution is 2.67. The molecule has 40 heavy (non-hydrogen) atoms. The Balaban J connectivity index is 1.21. The Morgan fingerprint density at radius 1 is 1.02 bits per heavy atom. The van der Waals surface area contributed by atoms with Crippen molar-refractivity contribution in [3.8, 4) is 5.75 Å². The second-order valence-corrected chi connectivity index (χ2v) is 14.7. The van der Waals surface area contributed by atoms with E-state index in [1.807, 2.05) is 12.1 Å². The van der Waals surface area contributed by atoms with Crippen molar-refractivity contribution in [1.29, 1.82) is 0 Å². The Bertz CT molecular complexity index is 1070. The van der Waals surface area contributed by atoms with E-state index in [0.29, 0.717) is 17.6 Å². The summed E-state index contributed by atoms with van der Waals surface area (Å²) in [5, 5.41) is 0. The molecule has 0 radical (unpaired) electrons. The summed E-state index contributed by atoms with van der Waals surface area (Å²) in [6.45, 7) is 16.7. The van der Waals surface area contributed by atoms with Crippen molar-refractivity contribution >= 4 is 5.97 Å². The first-order valence-electron chi connectivity index (χ1n) is 16.4. The number of carbonyl (C=O) groups excluding carboxylic acids is 1. The molecule has 0 saturated heterocycles. The van der Waals surface area contributed by atoms with Crippen molar-refractivity contribution in [2.24, 2.45) is 46.3 Å². The van der Waals surface area contributed by atoms with Gasteiger partial charge in [-0.1, -0.05) is 78.2 Å². The van der Waals surface area contributed by atoms with Crippen LogP contribution >= 0.6 is 0 Å². The number of fused-ring (bicyclic) bond motifs is 5. The molecule has 3 nitrogen and oxygen atoms in total. The van der Waals surface area contributed by atoms with Crippen LogP contribution in [-0.4, -0.2) is 18.7 Å². The van der Waals surface area contributed by atoms with Gasteiger partial charge in [-0.25, -0.2) is 4.79 Å². The van der Waals surface area contributed by atoms with Gasteiger partial charge < -0.3 is 9.47 Å². The van der Waals surface area contributed by atoms with Crippen molar-refractivity contribution in [3.05, 3.63) is 54.1 Å². The molecule has 6 unspecified atom stereocenters. The van der Waals surface area contributed by atoms with Gasteiger partial charge >= 0.3 is 5.97 Å². The largest absolute Gasteiger partial charge is 0.490 e. The standard InChI is InChI=1S/C37H54O3/c1-7-23-39-29-14-11-27(12-15-29)35(38)40-30-19-21-36(5)28(24-30)13-16-31-33-18-17-32(26(4)10-8-9-25(2)3)37(33,6)22-20-34(31)36/h7,11-15,25-26,30-34H,1,8-10,16-24H2,2-6H3/t26?,30?,31?,32?,33?,34?,36-,37+/m0/s1. The molecular weight excluding hydrogens is 492 g/mol. The summed E-state index contributed by atoms with van der Waals surface area (Å²) in [4.78, 5) is 13.0. The van der Waals surface area contributed by atoms with Crippen LogP contribution in [0.5, 0.6) is 5.75 Å². The van der Waals surface area contributed by atoms with Crippen molar-refractivity contribution < 1.29 is 14.3 Å². The van der Waals surface area contributed by atoms with E-state index in [1.165, 1.54) is 51.4 Å². The number of hydrogen-bond acceptors (Lipinski definition) is 3. The van der Waals surface area contributed by atoms with Crippen LogP contribution in [0.3, 0.4) is 0 Å². The normalized spacial score (nSPS) is 35.6. The Kier molecular flexibility index (Phi) is 8.89. The van der Waals surface area contributed by atoms with Gasteiger partial charge in [-0.05, 0) is 116 Å². The molecule has 220 valence electrons. The average Bonchev–Trinajstić information content (AvgIpc) is 3.29. The predicted octanol–water partition coefficient (Wildman–Crippen LogP) is 9.82. The lowest BCUT2D eigenvalue weighted by atomic mass is 9.47. The SMILES string of the molecule is C=CCOc1ccc(C(=O)OC2CC[C@@]3(C)C(=CCC4C5CCC(C(C)CCCC(C)C)[C@@]5(C)CCC43)C2)cc1. The van der Waals surface area contributed by atoms with Gasteiger partial charge in [-0.3, -0.25) is 0 Å². The molecule has 4 aliphatic rings. The Hall–Kier alpha value is -2.03. The zero-order valence-electron chi connectivity index (χ0n) is 25.9. The maximum absolute atomic E-state index is 13.0. The molecule has 3 saturated carbocycles. The number of carbonyl (C=O) groups is 1. The number of ether oxygens (including phenoxy) is 2. The van der Waals surface area contributed by atoms with Crippen LogP contribution in [0.25, 0.3) is 0 Å². The van der Waals surface area contributed by atoms with E-state index in [2.05, 4.69) is 47.3 Å². The summed E-state index contributed by atoms with van der Waals surface area (Å²) in [5.41, 5.74) is 2.97. The molecule has 3 fully saturated rings. The van der Waals surface area contributed by atoms with E-state index in [-0.39, 0.29) is 17.5 Å². The van der Waals surface area contributed by atoms with Crippen LogP contribution in [-0.2, 0) is 4.74 Å². The number of rotatable bonds is 10. The van der Waals surface area contributed by atoms with Crippen LogP contribution in [0.4, 0.5) is 0 Å². The molecule has 0 spiro atoms. The minimum atomic E-state index is -0.217. The van der Waals surface area contributed by atoms with Crippen molar-refractivity contribution in [2.45, 2.75) is 111 Å². The van der Waals surface area contributed by atoms with Crippen LogP contribution in [0.2, 0.25) is 0 Å². The fourth-order valence-electron chi connectivity index (χ4n) is 9.81. The maximum Gasteiger partial charge on any atom is 0.338 e. The van der Waals surface area contributed by atoms with E-state index in [4.69, 9.17) is 9.47 Å². The molecule has 0 aromatic heterocycles. The monoisotopic (exact) mass is 546 g/mol. The third kappa shape index (κ3) is 5.68. The molecule has 0 N–H and O–H groups in total. The molecule has 1 aromatic carbocycles. The molecule has 1 aromatic rings. The number of hydrogen-bond donors (Lipinski definition) is 0. The lowest BCUT2D eigenvalue weighted by Crippen LogP contribution is -2.51. The van der Waals surface area contributed by atoms with Gasteiger partial charge in [-0.15, -0.1) is 0 Å². The topological polar surface area (TPSA) is 35.5 Å². The molecule has 0 amide bonds. The molecule has 4 aliphatic carbocycles. The van der Waals surface area contributed by atoms with Gasteiger partial charge in [0.25, 0.3) is 0 Å². The molecular formula is C37H54O3. The smallest absolute Gasteiger partial charge is 0.338 e. The van der Waals surface area contributed by atoms with E-state index in [1.54, 1.807) is 23.8 Å². The number of allylic oxidation sites excluding steroid dienone is 1. The first kappa shape index (κ1) is 29.5. The Morgan fingerprint density at radius 3 is 2.52 bits per heavy atom. The highest BCUT2D eigenvalue weighted by atomic mass is 16.5. The fraction of sp³-hybridized carbons (Fsp3) is 0.703. The molecule has 0 bridgehead atoms. The first-order chi connectivity index (χ1) is 19.2. The van der Waals surface area contributed by atoms with Crippen LogP contribution < -0.4 is 4.74 Å². The average molecular weight is 547 g/mol. The van der Waals surface area contributed by atoms with Crippen LogP contribution in [0, 0.1) is 46.3 Å². The van der Waals surface area contributed by atoms with Gasteiger partial charge in [0, 0.05) is 6.42 Å². The molecule has 8 atom stereocenters. The molecule has 3 heteroatoms. The second-order valence-electron chi connectivity index (χ2n) is 14.7. The third-order valence-electron chi connectivity index (χ3n) is 12.0. The van der Waals surface area contributed by atoms with Gasteiger partial charge in [-0.2, -0.15) is 0 Å². The van der Waals surface area contributed by atoms with Crippen LogP contribution in [0.1, 0.15) is 116 Å². The highest BCUT2D eigenvalue weighted by Gasteiger charge is 2.59. The number of benzene rings is 1. The van der Waals surface area contributed by atoms with Crippen molar-refractivity contribution in [1.82, 2.24) is 0 Å². The molecule has 0 heterocycles. The zero-order chi connectivity index (χ0) is 28.5. The quantitative estimate of drug-likeness (QED) is 0.216. The Labute approximate surface area is 244 Å². The summed E-state index contributed by atoms with van der Waals surface area (Å²) in [5.74, 6) is 5.62. The van der Waals surface area contributed by atoms with Crippen LogP contribution in [0.15, 0.2) is 48.6 Å². The minimum absolute atomic E-state index is 0.0172. The molecule has 5 rings (SSSR count). The zero-order valence-corrected chi connectivity index (χ0v) is 25.9. The van der Waals surface area contributed by atoms with Gasteiger partial charge in [0.1, 0.15) is 18.5 Å². The fourth-order valence-corrected chi connectivity index (χ4v) is 9.81. The lowest BCUT2D eigenvalue weighted by molar-refractivity contribution is -0.0594. The molecule has 0 aliphatic heterocycles. The first-order valence-corrected chi connectivity index (χ1v) is 16.4. The van der Waals surface area contributed by atoms with Gasteiger partial charge in [0.05, 0.1) is 5.56 Å². The highest BCUT2D eigenvalue weighted by molar-refractivity contribution is 5.89. The number of esters is 1. The van der Waals surface area contributed by atoms with E-state index in [0.717, 1.165) is 60.5 Å². The van der Waals surface area contributed by atoms with Crippen molar-refractivity contribution in [3.63, 3.8) is 0 Å². The second kappa shape index (κ2) is 12.1. The predicted molar refractivity (Wildman–Crippen MR) is 164 cm³/mol. The summed E-state index contributed by atoms with van der Waals surface area (Å²) >= 11 is 0. The summed E-state index contributed by atoms with van der Waals surface area (Å²) in [7, 11) is 0. The van der Waals surface area contributed by atoms with E-state index < -0.39 is 0 Å². The minimum Gasteiger partial charge on any atom is -0.490 e. The van der Waals surface area contributed by atoms with E-state index >= 15 is 0 Å². The van der Waals surface area contributed by atoms with Gasteiger partial charge in [0.15, 0.2) is 0 Å². The summed E-state index contributed by atoms with van der Waals surface area (Å²) in [6, 6.07) is 7.27. The summed E-state index contributed by atoms with van der Waals surface area (Å²) < 4.78 is 11.6. The lowest BCUT2D eigenvalue weighted by Gasteiger charge is -2.58. The Morgan fingerprint density at radius 2 is 1.80 bits per heavy atom.